The van der Waals surface area contributed by atoms with E-state index in [1.165, 1.54) is 6.42 Å². The molecule has 2 aliphatic rings. The molecule has 5 rings (SSSR count). The van der Waals surface area contributed by atoms with Gasteiger partial charge in [-0.15, -0.1) is 3.97 Å². The SMILES string of the molecule is CN1C(=O)C2(CCCCC2)c2c1cnc1c2ccn1[S+]([O-])c1ccccc1. The van der Waals surface area contributed by atoms with Crippen LogP contribution in [0.2, 0.25) is 0 Å². The molecular weight excluding hydrogens is 358 g/mol. The lowest BCUT2D eigenvalue weighted by Gasteiger charge is -2.32. The van der Waals surface area contributed by atoms with Crippen LogP contribution in [0.3, 0.4) is 0 Å². The summed E-state index contributed by atoms with van der Waals surface area (Å²) < 4.78 is 14.8. The molecule has 0 saturated heterocycles. The lowest BCUT2D eigenvalue weighted by atomic mass is 9.69. The molecule has 27 heavy (non-hydrogen) atoms. The molecule has 0 radical (unpaired) electrons. The van der Waals surface area contributed by atoms with Crippen molar-refractivity contribution in [2.45, 2.75) is 42.4 Å². The third kappa shape index (κ3) is 2.29. The van der Waals surface area contributed by atoms with Crippen LogP contribution in [-0.4, -0.2) is 26.5 Å². The molecule has 1 fully saturated rings. The zero-order valence-electron chi connectivity index (χ0n) is 15.2. The Balaban J connectivity index is 1.70. The number of rotatable bonds is 2. The van der Waals surface area contributed by atoms with E-state index >= 15 is 0 Å². The Morgan fingerprint density at radius 3 is 2.59 bits per heavy atom. The van der Waals surface area contributed by atoms with E-state index in [2.05, 4.69) is 4.98 Å². The summed E-state index contributed by atoms with van der Waals surface area (Å²) in [6.45, 7) is 0. The molecule has 6 heteroatoms. The van der Waals surface area contributed by atoms with Crippen LogP contribution in [0.4, 0.5) is 5.69 Å². The van der Waals surface area contributed by atoms with Crippen LogP contribution in [0, 0.1) is 0 Å². The van der Waals surface area contributed by atoms with Gasteiger partial charge >= 0.3 is 0 Å². The second kappa shape index (κ2) is 6.11. The van der Waals surface area contributed by atoms with Gasteiger partial charge in [0.25, 0.3) is 0 Å². The Kier molecular flexibility index (Phi) is 3.81. The van der Waals surface area contributed by atoms with Gasteiger partial charge in [0.2, 0.25) is 5.91 Å². The molecule has 1 spiro atoms. The van der Waals surface area contributed by atoms with Gasteiger partial charge < -0.3 is 9.45 Å². The number of benzene rings is 1. The maximum absolute atomic E-state index is 13.2. The van der Waals surface area contributed by atoms with Gasteiger partial charge in [-0.05, 0) is 31.0 Å². The maximum Gasteiger partial charge on any atom is 0.237 e. The predicted octanol–water partition coefficient (Wildman–Crippen LogP) is 3.79. The number of hydrogen-bond donors (Lipinski definition) is 0. The van der Waals surface area contributed by atoms with E-state index in [0.29, 0.717) is 5.65 Å². The summed E-state index contributed by atoms with van der Waals surface area (Å²) in [4.78, 5) is 20.3. The van der Waals surface area contributed by atoms with E-state index in [0.717, 1.165) is 47.2 Å². The van der Waals surface area contributed by atoms with E-state index in [1.54, 1.807) is 15.1 Å². The summed E-state index contributed by atoms with van der Waals surface area (Å²) in [5, 5.41) is 0.955. The normalized spacial score (nSPS) is 19.6. The monoisotopic (exact) mass is 379 g/mol. The first kappa shape index (κ1) is 16.8. The van der Waals surface area contributed by atoms with Crippen molar-refractivity contribution in [2.24, 2.45) is 0 Å². The van der Waals surface area contributed by atoms with Crippen molar-refractivity contribution in [1.82, 2.24) is 8.96 Å². The molecule has 1 saturated carbocycles. The Morgan fingerprint density at radius 1 is 1.11 bits per heavy atom. The van der Waals surface area contributed by atoms with Crippen LogP contribution < -0.4 is 4.90 Å². The van der Waals surface area contributed by atoms with E-state index < -0.39 is 16.8 Å². The molecule has 1 aromatic carbocycles. The number of nitrogens with zero attached hydrogens (tertiary/aromatic N) is 3. The highest BCUT2D eigenvalue weighted by Gasteiger charge is 2.51. The van der Waals surface area contributed by atoms with Crippen molar-refractivity contribution < 1.29 is 9.35 Å². The van der Waals surface area contributed by atoms with Crippen LogP contribution >= 0.6 is 0 Å². The number of carbonyl (C=O) groups excluding carboxylic acids is 1. The Labute approximate surface area is 161 Å². The fraction of sp³-hybridized carbons (Fsp3) is 0.333. The zero-order valence-corrected chi connectivity index (χ0v) is 16.0. The number of likely N-dealkylation sites (N-methyl/N-ethyl adjacent to an activating group) is 1. The van der Waals surface area contributed by atoms with Gasteiger partial charge in [-0.25, -0.2) is 4.98 Å². The van der Waals surface area contributed by atoms with Gasteiger partial charge in [-0.2, -0.15) is 0 Å². The number of anilines is 1. The van der Waals surface area contributed by atoms with Crippen LogP contribution in [0.1, 0.15) is 37.7 Å². The first-order valence-electron chi connectivity index (χ1n) is 9.39. The Morgan fingerprint density at radius 2 is 1.85 bits per heavy atom. The average Bonchev–Trinajstić information content (AvgIpc) is 3.23. The minimum atomic E-state index is -1.37. The van der Waals surface area contributed by atoms with E-state index in [4.69, 9.17) is 0 Å². The molecule has 3 aromatic rings. The molecular formula is C21H21N3O2S. The second-order valence-corrected chi connectivity index (χ2v) is 8.83. The van der Waals surface area contributed by atoms with Gasteiger partial charge in [0, 0.05) is 18.0 Å². The van der Waals surface area contributed by atoms with Crippen molar-refractivity contribution in [3.8, 4) is 0 Å². The number of carbonyl (C=O) groups is 1. The van der Waals surface area contributed by atoms with Gasteiger partial charge in [0.1, 0.15) is 11.4 Å². The summed E-state index contributed by atoms with van der Waals surface area (Å²) in [6, 6.07) is 11.4. The van der Waals surface area contributed by atoms with Crippen molar-refractivity contribution in [2.75, 3.05) is 11.9 Å². The molecule has 1 amide bonds. The molecule has 1 atom stereocenters. The van der Waals surface area contributed by atoms with Gasteiger partial charge in [-0.1, -0.05) is 37.5 Å². The standard InChI is InChI=1S/C21H21N3O2S/c1-23-17-14-22-19-16(18(17)21(20(23)25)11-6-3-7-12-21)10-13-24(19)27(26)15-8-4-2-5-9-15/h2,4-5,8-10,13-14H,3,6-7,11-12H2,1H3. The van der Waals surface area contributed by atoms with Crippen LogP contribution in [0.15, 0.2) is 53.7 Å². The molecule has 2 aromatic heterocycles. The van der Waals surface area contributed by atoms with Crippen molar-refractivity contribution >= 4 is 34.0 Å². The first-order valence-corrected chi connectivity index (χ1v) is 10.5. The summed E-state index contributed by atoms with van der Waals surface area (Å²) >= 11 is -1.37. The molecule has 0 N–H and O–H groups in total. The summed E-state index contributed by atoms with van der Waals surface area (Å²) in [5.74, 6) is 0.184. The van der Waals surface area contributed by atoms with Gasteiger partial charge in [0.05, 0.1) is 23.5 Å². The number of pyridine rings is 1. The number of aromatic nitrogens is 2. The molecule has 138 valence electrons. The van der Waals surface area contributed by atoms with Crippen LogP contribution in [0.25, 0.3) is 11.0 Å². The Hall–Kier alpha value is -2.31. The van der Waals surface area contributed by atoms with E-state index in [1.807, 2.05) is 49.6 Å². The summed E-state index contributed by atoms with van der Waals surface area (Å²) in [6.07, 6.45) is 8.70. The lowest BCUT2D eigenvalue weighted by Crippen LogP contribution is -2.40. The maximum atomic E-state index is 13.2. The van der Waals surface area contributed by atoms with Gasteiger partial charge in [-0.3, -0.25) is 4.79 Å². The van der Waals surface area contributed by atoms with Crippen LogP contribution in [-0.2, 0) is 21.6 Å². The third-order valence-corrected chi connectivity index (χ3v) is 7.37. The molecule has 1 aliphatic carbocycles. The fourth-order valence-corrected chi connectivity index (χ4v) is 5.84. The average molecular weight is 379 g/mol. The van der Waals surface area contributed by atoms with Crippen molar-refractivity contribution in [3.05, 3.63) is 54.4 Å². The van der Waals surface area contributed by atoms with E-state index in [9.17, 15) is 9.35 Å². The molecule has 3 heterocycles. The quantitative estimate of drug-likeness (QED) is 0.637. The molecule has 0 bridgehead atoms. The minimum absolute atomic E-state index is 0.184. The molecule has 1 unspecified atom stereocenters. The van der Waals surface area contributed by atoms with Crippen molar-refractivity contribution in [1.29, 1.82) is 0 Å². The van der Waals surface area contributed by atoms with Crippen molar-refractivity contribution in [3.63, 3.8) is 0 Å². The highest BCUT2D eigenvalue weighted by molar-refractivity contribution is 7.90. The highest BCUT2D eigenvalue weighted by Crippen LogP contribution is 2.52. The smallest absolute Gasteiger partial charge is 0.237 e. The largest absolute Gasteiger partial charge is 0.587 e. The molecule has 1 aliphatic heterocycles. The topological polar surface area (TPSA) is 61.2 Å². The molecule has 5 nitrogen and oxygen atoms in total. The number of amides is 1. The lowest BCUT2D eigenvalue weighted by molar-refractivity contribution is -0.124. The summed E-state index contributed by atoms with van der Waals surface area (Å²) in [7, 11) is 1.84. The number of hydrogen-bond acceptors (Lipinski definition) is 3. The second-order valence-electron chi connectivity index (χ2n) is 7.47. The van der Waals surface area contributed by atoms with E-state index in [-0.39, 0.29) is 5.91 Å². The Bertz CT molecular complexity index is 1020. The highest BCUT2D eigenvalue weighted by atomic mass is 32.2. The van der Waals surface area contributed by atoms with Gasteiger partial charge in [0.15, 0.2) is 10.5 Å². The third-order valence-electron chi connectivity index (χ3n) is 6.05. The number of fused-ring (bicyclic) bond motifs is 4. The zero-order chi connectivity index (χ0) is 18.6. The fourth-order valence-electron chi connectivity index (χ4n) is 4.75. The predicted molar refractivity (Wildman–Crippen MR) is 106 cm³/mol. The van der Waals surface area contributed by atoms with Crippen LogP contribution in [0.5, 0.6) is 0 Å². The summed E-state index contributed by atoms with van der Waals surface area (Å²) in [5.41, 5.74) is 2.23. The first-order chi connectivity index (χ1) is 13.1. The minimum Gasteiger partial charge on any atom is -0.587 e.